The average molecular weight is 569 g/mol. The third kappa shape index (κ3) is 5.04. The van der Waals surface area contributed by atoms with E-state index in [1.165, 1.54) is 37.4 Å². The van der Waals surface area contributed by atoms with E-state index in [0.29, 0.717) is 22.5 Å². The summed E-state index contributed by atoms with van der Waals surface area (Å²) in [5.74, 6) is -0.487. The molecule has 6 aromatic rings. The minimum atomic E-state index is -0.654. The number of phenols is 3. The largest absolute Gasteiger partial charge is 0.508 e. The summed E-state index contributed by atoms with van der Waals surface area (Å²) in [7, 11) is 3.01. The van der Waals surface area contributed by atoms with Crippen LogP contribution in [0.2, 0.25) is 0 Å². The van der Waals surface area contributed by atoms with Crippen molar-refractivity contribution < 1.29 is 38.7 Å². The van der Waals surface area contributed by atoms with Gasteiger partial charge >= 0.3 is 0 Å². The molecule has 42 heavy (non-hydrogen) atoms. The van der Waals surface area contributed by atoms with Crippen LogP contribution in [0.1, 0.15) is 0 Å². The highest BCUT2D eigenvalue weighted by molar-refractivity contribution is 5.86. The summed E-state index contributed by atoms with van der Waals surface area (Å²) in [6.07, 6.45) is 0. The molecule has 0 fully saturated rings. The second-order valence-corrected chi connectivity index (χ2v) is 8.99. The van der Waals surface area contributed by atoms with Gasteiger partial charge in [-0.2, -0.15) is 0 Å². The van der Waals surface area contributed by atoms with Crippen LogP contribution in [-0.4, -0.2) is 34.6 Å². The summed E-state index contributed by atoms with van der Waals surface area (Å²) in [4.78, 5) is 24.7. The van der Waals surface area contributed by atoms with Gasteiger partial charge in [0.15, 0.2) is 34.4 Å². The van der Waals surface area contributed by atoms with Gasteiger partial charge < -0.3 is 38.7 Å². The molecule has 0 amide bonds. The summed E-state index contributed by atoms with van der Waals surface area (Å²) in [6, 6.07) is 22.2. The molecule has 0 saturated carbocycles. The number of rotatable bonds is 4. The highest BCUT2D eigenvalue weighted by Gasteiger charge is 2.19. The van der Waals surface area contributed by atoms with Crippen molar-refractivity contribution in [1.29, 1.82) is 0 Å². The molecule has 10 heteroatoms. The van der Waals surface area contributed by atoms with E-state index < -0.39 is 16.9 Å². The van der Waals surface area contributed by atoms with Crippen LogP contribution in [0.5, 0.6) is 34.5 Å². The van der Waals surface area contributed by atoms with Crippen LogP contribution in [0, 0.1) is 0 Å². The number of aromatic hydroxyl groups is 4. The van der Waals surface area contributed by atoms with Gasteiger partial charge in [-0.25, -0.2) is 0 Å². The molecule has 6 rings (SSSR count). The van der Waals surface area contributed by atoms with Crippen molar-refractivity contribution in [3.63, 3.8) is 0 Å². The number of benzene rings is 4. The lowest BCUT2D eigenvalue weighted by Crippen LogP contribution is -2.08. The molecule has 4 aromatic carbocycles. The first-order chi connectivity index (χ1) is 20.2. The Kier molecular flexibility index (Phi) is 7.44. The zero-order valence-electron chi connectivity index (χ0n) is 22.3. The Morgan fingerprint density at radius 1 is 0.619 bits per heavy atom. The van der Waals surface area contributed by atoms with E-state index in [4.69, 9.17) is 18.3 Å². The number of hydrogen-bond acceptors (Lipinski definition) is 10. The monoisotopic (exact) mass is 568 g/mol. The van der Waals surface area contributed by atoms with Gasteiger partial charge in [-0.1, -0.05) is 36.4 Å². The van der Waals surface area contributed by atoms with E-state index in [1.807, 2.05) is 30.3 Å². The highest BCUT2D eigenvalue weighted by Crippen LogP contribution is 2.36. The maximum absolute atomic E-state index is 12.6. The molecule has 0 radical (unpaired) electrons. The van der Waals surface area contributed by atoms with Crippen molar-refractivity contribution >= 4 is 21.9 Å². The van der Waals surface area contributed by atoms with Gasteiger partial charge in [-0.15, -0.1) is 0 Å². The lowest BCUT2D eigenvalue weighted by molar-refractivity contribution is 0.391. The Labute approximate surface area is 237 Å². The summed E-state index contributed by atoms with van der Waals surface area (Å²) >= 11 is 0. The fourth-order valence-corrected chi connectivity index (χ4v) is 4.33. The Bertz CT molecular complexity index is 2040. The van der Waals surface area contributed by atoms with Crippen LogP contribution in [0.25, 0.3) is 44.6 Å². The lowest BCUT2D eigenvalue weighted by Gasteiger charge is -2.10. The van der Waals surface area contributed by atoms with Crippen LogP contribution in [0.3, 0.4) is 0 Å². The minimum Gasteiger partial charge on any atom is -0.508 e. The molecule has 2 aromatic heterocycles. The fourth-order valence-electron chi connectivity index (χ4n) is 4.33. The highest BCUT2D eigenvalue weighted by atomic mass is 16.5. The van der Waals surface area contributed by atoms with Gasteiger partial charge in [0.1, 0.15) is 11.3 Å². The maximum Gasteiger partial charge on any atom is 0.235 e. The molecule has 0 saturated heterocycles. The van der Waals surface area contributed by atoms with Gasteiger partial charge in [0.05, 0.1) is 25.0 Å². The minimum absolute atomic E-state index is 0.0872. The van der Waals surface area contributed by atoms with Crippen LogP contribution in [0.4, 0.5) is 0 Å². The zero-order valence-corrected chi connectivity index (χ0v) is 22.3. The molecule has 10 nitrogen and oxygen atoms in total. The number of fused-ring (bicyclic) bond motifs is 2. The predicted molar refractivity (Wildman–Crippen MR) is 156 cm³/mol. The van der Waals surface area contributed by atoms with Gasteiger partial charge in [0.2, 0.25) is 22.4 Å². The normalized spacial score (nSPS) is 10.7. The maximum atomic E-state index is 12.6. The van der Waals surface area contributed by atoms with Gasteiger partial charge in [0, 0.05) is 17.2 Å². The fraction of sp³-hybridized carbons (Fsp3) is 0.0625. The summed E-state index contributed by atoms with van der Waals surface area (Å²) in [5, 5.41) is 38.7. The van der Waals surface area contributed by atoms with E-state index in [-0.39, 0.29) is 45.0 Å². The van der Waals surface area contributed by atoms with E-state index in [9.17, 15) is 30.0 Å². The molecule has 0 spiro atoms. The number of phenolic OH excluding ortho intramolecular Hbond substituents is 3. The predicted octanol–water partition coefficient (Wildman–Crippen LogP) is 5.76. The summed E-state index contributed by atoms with van der Waals surface area (Å²) in [5.41, 5.74) is 0.643. The molecule has 0 aliphatic rings. The quantitative estimate of drug-likeness (QED) is 0.193. The number of ether oxygens (including phenoxy) is 2. The number of para-hydroxylation sites is 1. The molecule has 2 heterocycles. The van der Waals surface area contributed by atoms with Crippen molar-refractivity contribution in [3.05, 3.63) is 105 Å². The smallest absolute Gasteiger partial charge is 0.235 e. The third-order valence-electron chi connectivity index (χ3n) is 6.39. The first kappa shape index (κ1) is 27.7. The van der Waals surface area contributed by atoms with Crippen molar-refractivity contribution in [2.24, 2.45) is 0 Å². The average Bonchev–Trinajstić information content (AvgIpc) is 3.00. The van der Waals surface area contributed by atoms with E-state index in [2.05, 4.69) is 0 Å². The SMILES string of the molecule is COc1c(-c2ccccc2)oc2c(OC)cccc2c1=O.O=c1c(O)c(-c2ccc(O)c(O)c2)oc2cc(O)ccc12. The zero-order chi connectivity index (χ0) is 30.0. The molecular formula is C32H24O10. The topological polar surface area (TPSA) is 160 Å². The Morgan fingerprint density at radius 2 is 1.38 bits per heavy atom. The summed E-state index contributed by atoms with van der Waals surface area (Å²) in [6.45, 7) is 0. The Balaban J connectivity index is 0.000000168. The first-order valence-corrected chi connectivity index (χ1v) is 12.5. The second kappa shape index (κ2) is 11.3. The Hall–Kier alpha value is -5.90. The van der Waals surface area contributed by atoms with Crippen molar-refractivity contribution in [2.75, 3.05) is 14.2 Å². The molecule has 4 N–H and O–H groups in total. The molecule has 0 unspecified atom stereocenters. The van der Waals surface area contributed by atoms with Crippen molar-refractivity contribution in [3.8, 4) is 57.1 Å². The van der Waals surface area contributed by atoms with E-state index in [0.717, 1.165) is 11.6 Å². The Morgan fingerprint density at radius 3 is 2.07 bits per heavy atom. The molecular weight excluding hydrogens is 544 g/mol. The van der Waals surface area contributed by atoms with Crippen LogP contribution in [-0.2, 0) is 0 Å². The van der Waals surface area contributed by atoms with Crippen molar-refractivity contribution in [1.82, 2.24) is 0 Å². The molecule has 0 aliphatic carbocycles. The standard InChI is InChI=1S/C17H14O4.C15H10O6/c1-19-13-10-6-9-12-14(18)17(20-2)15(21-16(12)13)11-7-4-3-5-8-11;16-8-2-3-9-12(6-8)21-15(14(20)13(9)19)7-1-4-10(17)11(18)5-7/h3-10H,1-2H3;1-6,16-18,20H. The molecule has 0 aliphatic heterocycles. The number of hydrogen-bond donors (Lipinski definition) is 4. The number of methoxy groups -OCH3 is 2. The van der Waals surface area contributed by atoms with Crippen LogP contribution >= 0.6 is 0 Å². The van der Waals surface area contributed by atoms with Gasteiger partial charge in [0.25, 0.3) is 0 Å². The first-order valence-electron chi connectivity index (χ1n) is 12.5. The van der Waals surface area contributed by atoms with Crippen molar-refractivity contribution in [2.45, 2.75) is 0 Å². The van der Waals surface area contributed by atoms with E-state index >= 15 is 0 Å². The van der Waals surface area contributed by atoms with Gasteiger partial charge in [-0.05, 0) is 42.5 Å². The molecule has 0 atom stereocenters. The lowest BCUT2D eigenvalue weighted by atomic mass is 10.1. The summed E-state index contributed by atoms with van der Waals surface area (Å²) < 4.78 is 21.9. The molecule has 212 valence electrons. The van der Waals surface area contributed by atoms with Crippen LogP contribution in [0.15, 0.2) is 103 Å². The third-order valence-corrected chi connectivity index (χ3v) is 6.39. The van der Waals surface area contributed by atoms with Gasteiger partial charge in [-0.3, -0.25) is 9.59 Å². The second-order valence-electron chi connectivity index (χ2n) is 8.99. The molecule has 0 bridgehead atoms. The van der Waals surface area contributed by atoms with Crippen LogP contribution < -0.4 is 20.3 Å². The van der Waals surface area contributed by atoms with E-state index in [1.54, 1.807) is 25.3 Å².